The minimum absolute atomic E-state index is 0.393. The van der Waals surface area contributed by atoms with E-state index in [-0.39, 0.29) is 0 Å². The quantitative estimate of drug-likeness (QED) is 0.751. The highest BCUT2D eigenvalue weighted by Gasteiger charge is 2.21. The van der Waals surface area contributed by atoms with Gasteiger partial charge in [-0.3, -0.25) is 0 Å². The van der Waals surface area contributed by atoms with Gasteiger partial charge in [0.05, 0.1) is 12.2 Å². The summed E-state index contributed by atoms with van der Waals surface area (Å²) in [6.07, 6.45) is 7.31. The second-order valence-corrected chi connectivity index (χ2v) is 5.53. The molecular formula is C14H29NO. The lowest BCUT2D eigenvalue weighted by molar-refractivity contribution is -0.0363. The zero-order valence-corrected chi connectivity index (χ0v) is 11.5. The average molecular weight is 227 g/mol. The molecule has 0 amide bonds. The monoisotopic (exact) mass is 227 g/mol. The zero-order valence-electron chi connectivity index (χ0n) is 11.5. The van der Waals surface area contributed by atoms with E-state index < -0.39 is 0 Å². The maximum absolute atomic E-state index is 6.14. The highest BCUT2D eigenvalue weighted by molar-refractivity contribution is 4.73. The number of hydrogen-bond acceptors (Lipinski definition) is 2. The second-order valence-electron chi connectivity index (χ2n) is 5.53. The van der Waals surface area contributed by atoms with Crippen LogP contribution in [-0.2, 0) is 4.74 Å². The maximum Gasteiger partial charge on any atom is 0.0581 e. The van der Waals surface area contributed by atoms with Gasteiger partial charge >= 0.3 is 0 Å². The van der Waals surface area contributed by atoms with E-state index in [0.29, 0.717) is 18.2 Å². The summed E-state index contributed by atoms with van der Waals surface area (Å²) in [6.45, 7) is 10.0. The first-order valence-electron chi connectivity index (χ1n) is 7.00. The average Bonchev–Trinajstić information content (AvgIpc) is 2.17. The predicted octanol–water partition coefficient (Wildman–Crippen LogP) is 3.36. The Labute approximate surface area is 101 Å². The van der Waals surface area contributed by atoms with Crippen molar-refractivity contribution in [3.63, 3.8) is 0 Å². The van der Waals surface area contributed by atoms with Crippen molar-refractivity contribution < 1.29 is 4.74 Å². The Morgan fingerprint density at radius 2 is 2.06 bits per heavy atom. The molecule has 0 aromatic carbocycles. The fourth-order valence-electron chi connectivity index (χ4n) is 2.82. The van der Waals surface area contributed by atoms with Crippen LogP contribution in [0.25, 0.3) is 0 Å². The normalized spacial score (nSPS) is 30.0. The van der Waals surface area contributed by atoms with Crippen LogP contribution in [0, 0.1) is 5.92 Å². The fraction of sp³-hybridized carbons (Fsp3) is 1.00. The molecular weight excluding hydrogens is 198 g/mol. The third-order valence-electron chi connectivity index (χ3n) is 3.55. The van der Waals surface area contributed by atoms with Crippen molar-refractivity contribution in [3.8, 4) is 0 Å². The van der Waals surface area contributed by atoms with E-state index >= 15 is 0 Å². The van der Waals surface area contributed by atoms with Gasteiger partial charge in [-0.25, -0.2) is 0 Å². The molecule has 1 aliphatic rings. The standard InChI is InChI=1S/C14H29NO/c1-5-15-12(3)10-13(4)16-14-8-6-7-11(2)9-14/h11-15H,5-10H2,1-4H3. The second kappa shape index (κ2) is 7.29. The predicted molar refractivity (Wildman–Crippen MR) is 69.7 cm³/mol. The van der Waals surface area contributed by atoms with Crippen molar-refractivity contribution >= 4 is 0 Å². The largest absolute Gasteiger partial charge is 0.375 e. The maximum atomic E-state index is 6.14. The SMILES string of the molecule is CCNC(C)CC(C)OC1CCCC(C)C1. The first-order chi connectivity index (χ1) is 7.61. The summed E-state index contributed by atoms with van der Waals surface area (Å²) in [4.78, 5) is 0. The van der Waals surface area contributed by atoms with Gasteiger partial charge in [-0.15, -0.1) is 0 Å². The van der Waals surface area contributed by atoms with E-state index in [1.54, 1.807) is 0 Å². The Morgan fingerprint density at radius 1 is 1.31 bits per heavy atom. The third kappa shape index (κ3) is 5.31. The molecule has 16 heavy (non-hydrogen) atoms. The highest BCUT2D eigenvalue weighted by Crippen LogP contribution is 2.26. The van der Waals surface area contributed by atoms with Crippen LogP contribution in [0.1, 0.15) is 59.8 Å². The van der Waals surface area contributed by atoms with E-state index in [4.69, 9.17) is 4.74 Å². The van der Waals surface area contributed by atoms with E-state index in [2.05, 4.69) is 33.0 Å². The molecule has 4 unspecified atom stereocenters. The van der Waals surface area contributed by atoms with Gasteiger partial charge in [-0.05, 0) is 45.6 Å². The van der Waals surface area contributed by atoms with E-state index in [1.165, 1.54) is 25.7 Å². The van der Waals surface area contributed by atoms with E-state index in [0.717, 1.165) is 18.9 Å². The summed E-state index contributed by atoms with van der Waals surface area (Å²) in [5.41, 5.74) is 0. The lowest BCUT2D eigenvalue weighted by atomic mass is 9.88. The molecule has 0 aromatic heterocycles. The van der Waals surface area contributed by atoms with Crippen molar-refractivity contribution in [2.75, 3.05) is 6.54 Å². The Hall–Kier alpha value is -0.0800. The summed E-state index contributed by atoms with van der Waals surface area (Å²) in [7, 11) is 0. The molecule has 0 bridgehead atoms. The lowest BCUT2D eigenvalue weighted by Gasteiger charge is -2.30. The zero-order chi connectivity index (χ0) is 12.0. The Bertz CT molecular complexity index is 184. The van der Waals surface area contributed by atoms with E-state index in [1.807, 2.05) is 0 Å². The van der Waals surface area contributed by atoms with Gasteiger partial charge in [0, 0.05) is 6.04 Å². The topological polar surface area (TPSA) is 21.3 Å². The van der Waals surface area contributed by atoms with Crippen LogP contribution < -0.4 is 5.32 Å². The summed E-state index contributed by atoms with van der Waals surface area (Å²) in [5.74, 6) is 0.858. The van der Waals surface area contributed by atoms with Crippen molar-refractivity contribution in [1.82, 2.24) is 5.32 Å². The minimum Gasteiger partial charge on any atom is -0.375 e. The third-order valence-corrected chi connectivity index (χ3v) is 3.55. The van der Waals surface area contributed by atoms with Crippen LogP contribution in [0.2, 0.25) is 0 Å². The summed E-state index contributed by atoms with van der Waals surface area (Å²) < 4.78 is 6.14. The molecule has 2 nitrogen and oxygen atoms in total. The van der Waals surface area contributed by atoms with E-state index in [9.17, 15) is 0 Å². The molecule has 0 aromatic rings. The Kier molecular flexibility index (Phi) is 6.37. The molecule has 1 saturated carbocycles. The number of nitrogens with one attached hydrogen (secondary N) is 1. The van der Waals surface area contributed by atoms with Crippen molar-refractivity contribution in [3.05, 3.63) is 0 Å². The van der Waals surface area contributed by atoms with Gasteiger partial charge in [0.15, 0.2) is 0 Å². The molecule has 0 radical (unpaired) electrons. The van der Waals surface area contributed by atoms with Gasteiger partial charge < -0.3 is 10.1 Å². The number of hydrogen-bond donors (Lipinski definition) is 1. The highest BCUT2D eigenvalue weighted by atomic mass is 16.5. The van der Waals surface area contributed by atoms with Crippen molar-refractivity contribution in [2.24, 2.45) is 5.92 Å². The molecule has 1 N–H and O–H groups in total. The molecule has 1 fully saturated rings. The minimum atomic E-state index is 0.393. The van der Waals surface area contributed by atoms with Crippen LogP contribution >= 0.6 is 0 Å². The smallest absolute Gasteiger partial charge is 0.0581 e. The molecule has 0 aliphatic heterocycles. The molecule has 0 heterocycles. The molecule has 4 atom stereocenters. The summed E-state index contributed by atoms with van der Waals surface area (Å²) in [5, 5.41) is 3.44. The van der Waals surface area contributed by atoms with Crippen LogP contribution in [0.15, 0.2) is 0 Å². The first-order valence-corrected chi connectivity index (χ1v) is 7.00. The molecule has 1 aliphatic carbocycles. The molecule has 0 spiro atoms. The Morgan fingerprint density at radius 3 is 2.69 bits per heavy atom. The van der Waals surface area contributed by atoms with Crippen LogP contribution in [0.3, 0.4) is 0 Å². The molecule has 1 rings (SSSR count). The van der Waals surface area contributed by atoms with Gasteiger partial charge in [0.2, 0.25) is 0 Å². The number of ether oxygens (including phenoxy) is 1. The molecule has 0 saturated heterocycles. The fourth-order valence-corrected chi connectivity index (χ4v) is 2.82. The number of rotatable bonds is 6. The van der Waals surface area contributed by atoms with Gasteiger partial charge in [-0.1, -0.05) is 26.7 Å². The summed E-state index contributed by atoms with van der Waals surface area (Å²) >= 11 is 0. The van der Waals surface area contributed by atoms with Crippen molar-refractivity contribution in [2.45, 2.75) is 78.0 Å². The van der Waals surface area contributed by atoms with Gasteiger partial charge in [0.1, 0.15) is 0 Å². The first kappa shape index (κ1) is 14.0. The molecule has 96 valence electrons. The van der Waals surface area contributed by atoms with Gasteiger partial charge in [0.25, 0.3) is 0 Å². The van der Waals surface area contributed by atoms with Crippen LogP contribution in [0.5, 0.6) is 0 Å². The summed E-state index contributed by atoms with van der Waals surface area (Å²) in [6, 6.07) is 0.570. The molecule has 2 heteroatoms. The Balaban J connectivity index is 2.19. The van der Waals surface area contributed by atoms with Crippen LogP contribution in [0.4, 0.5) is 0 Å². The van der Waals surface area contributed by atoms with Crippen molar-refractivity contribution in [1.29, 1.82) is 0 Å². The lowest BCUT2D eigenvalue weighted by Crippen LogP contribution is -2.32. The van der Waals surface area contributed by atoms with Crippen LogP contribution in [-0.4, -0.2) is 24.8 Å². The van der Waals surface area contributed by atoms with Gasteiger partial charge in [-0.2, -0.15) is 0 Å².